The molecule has 6 nitrogen and oxygen atoms in total. The van der Waals surface area contributed by atoms with Crippen LogP contribution in [0.15, 0.2) is 24.5 Å². The Kier molecular flexibility index (Phi) is 2.86. The molecule has 0 saturated heterocycles. The second-order valence-electron chi connectivity index (χ2n) is 3.16. The molecule has 0 unspecified atom stereocenters. The van der Waals surface area contributed by atoms with E-state index in [1.165, 1.54) is 10.7 Å². The molecular formula is C9H7IN4O2. The topological polar surface area (TPSA) is 73.8 Å². The third-order valence-corrected chi connectivity index (χ3v) is 2.52. The van der Waals surface area contributed by atoms with Crippen LogP contribution in [0.1, 0.15) is 5.69 Å². The Morgan fingerprint density at radius 1 is 1.50 bits per heavy atom. The van der Waals surface area contributed by atoms with Crippen molar-refractivity contribution in [2.24, 2.45) is 0 Å². The molecule has 16 heavy (non-hydrogen) atoms. The van der Waals surface area contributed by atoms with E-state index in [9.17, 15) is 10.1 Å². The molecule has 0 aliphatic rings. The number of aromatic nitrogens is 3. The predicted molar refractivity (Wildman–Crippen MR) is 65.5 cm³/mol. The summed E-state index contributed by atoms with van der Waals surface area (Å²) in [5, 5.41) is 14.8. The maximum atomic E-state index is 10.8. The molecule has 0 aromatic carbocycles. The minimum absolute atomic E-state index is 0.0508. The Bertz CT molecular complexity index is 552. The van der Waals surface area contributed by atoms with Crippen LogP contribution in [0.3, 0.4) is 0 Å². The lowest BCUT2D eigenvalue weighted by Gasteiger charge is -2.02. The number of pyridine rings is 1. The van der Waals surface area contributed by atoms with E-state index >= 15 is 0 Å². The van der Waals surface area contributed by atoms with E-state index in [-0.39, 0.29) is 11.5 Å². The van der Waals surface area contributed by atoms with Crippen LogP contribution >= 0.6 is 22.6 Å². The number of rotatable bonds is 2. The molecule has 0 radical (unpaired) electrons. The Labute approximate surface area is 105 Å². The molecule has 0 atom stereocenters. The van der Waals surface area contributed by atoms with Crippen LogP contribution in [0.2, 0.25) is 0 Å². The van der Waals surface area contributed by atoms with Gasteiger partial charge >= 0.3 is 5.69 Å². The van der Waals surface area contributed by atoms with Crippen molar-refractivity contribution in [3.63, 3.8) is 0 Å². The number of halogens is 1. The van der Waals surface area contributed by atoms with Gasteiger partial charge in [0.15, 0.2) is 0 Å². The van der Waals surface area contributed by atoms with E-state index in [0.717, 1.165) is 3.57 Å². The monoisotopic (exact) mass is 330 g/mol. The molecule has 0 N–H and O–H groups in total. The third kappa shape index (κ3) is 2.03. The second-order valence-corrected chi connectivity index (χ2v) is 4.40. The first-order valence-electron chi connectivity index (χ1n) is 4.40. The molecule has 0 fully saturated rings. The van der Waals surface area contributed by atoms with Gasteiger partial charge in [-0.15, -0.1) is 0 Å². The lowest BCUT2D eigenvalue weighted by Crippen LogP contribution is -2.04. The second kappa shape index (κ2) is 4.16. The van der Waals surface area contributed by atoms with Crippen LogP contribution in [0.4, 0.5) is 5.69 Å². The lowest BCUT2D eigenvalue weighted by atomic mass is 10.3. The van der Waals surface area contributed by atoms with E-state index in [0.29, 0.717) is 5.69 Å². The molecule has 2 heterocycles. The van der Waals surface area contributed by atoms with Crippen LogP contribution in [0.25, 0.3) is 5.82 Å². The predicted octanol–water partition coefficient (Wildman–Crippen LogP) is 2.09. The van der Waals surface area contributed by atoms with Crippen molar-refractivity contribution in [3.8, 4) is 5.82 Å². The maximum absolute atomic E-state index is 10.8. The highest BCUT2D eigenvalue weighted by Gasteiger charge is 2.17. The average molecular weight is 330 g/mol. The highest BCUT2D eigenvalue weighted by molar-refractivity contribution is 14.1. The van der Waals surface area contributed by atoms with Crippen molar-refractivity contribution in [3.05, 3.63) is 43.9 Å². The molecular weight excluding hydrogens is 323 g/mol. The fourth-order valence-corrected chi connectivity index (χ4v) is 1.65. The van der Waals surface area contributed by atoms with Gasteiger partial charge in [0.2, 0.25) is 5.82 Å². The molecule has 2 rings (SSSR count). The van der Waals surface area contributed by atoms with Crippen molar-refractivity contribution in [2.45, 2.75) is 6.92 Å². The molecule has 0 spiro atoms. The summed E-state index contributed by atoms with van der Waals surface area (Å²) in [5.41, 5.74) is 0.663. The fraction of sp³-hybridized carbons (Fsp3) is 0.111. The molecule has 0 aliphatic carbocycles. The smallest absolute Gasteiger partial charge is 0.258 e. The summed E-state index contributed by atoms with van der Waals surface area (Å²) in [6.45, 7) is 1.78. The zero-order valence-corrected chi connectivity index (χ0v) is 10.5. The van der Waals surface area contributed by atoms with Crippen molar-refractivity contribution in [2.75, 3.05) is 0 Å². The third-order valence-electron chi connectivity index (χ3n) is 1.96. The van der Waals surface area contributed by atoms with E-state index in [1.54, 1.807) is 25.4 Å². The Morgan fingerprint density at radius 3 is 2.81 bits per heavy atom. The van der Waals surface area contributed by atoms with Gasteiger partial charge in [-0.1, -0.05) is 0 Å². The zero-order chi connectivity index (χ0) is 11.7. The van der Waals surface area contributed by atoms with Crippen molar-refractivity contribution in [1.29, 1.82) is 0 Å². The Hall–Kier alpha value is -1.51. The first-order valence-corrected chi connectivity index (χ1v) is 5.48. The Morgan fingerprint density at radius 2 is 2.25 bits per heavy atom. The molecule has 0 aliphatic heterocycles. The standard InChI is InChI=1S/C9H7IN4O2/c1-6-2-3-8(14(15)16)9(12-6)13-5-7(10)4-11-13/h2-5H,1H3. The lowest BCUT2D eigenvalue weighted by molar-refractivity contribution is -0.385. The molecule has 2 aromatic heterocycles. The van der Waals surface area contributed by atoms with Crippen LogP contribution in [0, 0.1) is 20.6 Å². The van der Waals surface area contributed by atoms with Crippen LogP contribution in [0.5, 0.6) is 0 Å². The largest absolute Gasteiger partial charge is 0.313 e. The first kappa shape index (κ1) is 11.0. The summed E-state index contributed by atoms with van der Waals surface area (Å²) < 4.78 is 2.31. The fourth-order valence-electron chi connectivity index (χ4n) is 1.26. The highest BCUT2D eigenvalue weighted by atomic mass is 127. The van der Waals surface area contributed by atoms with Gasteiger partial charge in [0, 0.05) is 18.0 Å². The number of hydrogen-bond donors (Lipinski definition) is 0. The summed E-state index contributed by atoms with van der Waals surface area (Å²) in [4.78, 5) is 14.5. The van der Waals surface area contributed by atoms with Crippen molar-refractivity contribution in [1.82, 2.24) is 14.8 Å². The van der Waals surface area contributed by atoms with E-state index < -0.39 is 4.92 Å². The minimum atomic E-state index is -0.462. The van der Waals surface area contributed by atoms with Gasteiger partial charge in [0.05, 0.1) is 14.7 Å². The quantitative estimate of drug-likeness (QED) is 0.480. The number of nitrogens with zero attached hydrogens (tertiary/aromatic N) is 4. The van der Waals surface area contributed by atoms with E-state index in [1.807, 2.05) is 0 Å². The van der Waals surface area contributed by atoms with Gasteiger partial charge in [-0.05, 0) is 35.6 Å². The van der Waals surface area contributed by atoms with Gasteiger partial charge in [0.1, 0.15) is 0 Å². The van der Waals surface area contributed by atoms with Crippen LogP contribution < -0.4 is 0 Å². The van der Waals surface area contributed by atoms with Crippen molar-refractivity contribution < 1.29 is 4.92 Å². The number of hydrogen-bond acceptors (Lipinski definition) is 4. The SMILES string of the molecule is Cc1ccc([N+](=O)[O-])c(-n2cc(I)cn2)n1. The normalized spacial score (nSPS) is 10.4. The minimum Gasteiger partial charge on any atom is -0.258 e. The van der Waals surface area contributed by atoms with Gasteiger partial charge in [-0.25, -0.2) is 9.67 Å². The highest BCUT2D eigenvalue weighted by Crippen LogP contribution is 2.20. The number of nitro groups is 1. The average Bonchev–Trinajstić information content (AvgIpc) is 2.64. The van der Waals surface area contributed by atoms with Crippen LogP contribution in [-0.4, -0.2) is 19.7 Å². The van der Waals surface area contributed by atoms with E-state index in [2.05, 4.69) is 32.7 Å². The van der Waals surface area contributed by atoms with Gasteiger partial charge in [-0.3, -0.25) is 10.1 Å². The molecule has 2 aromatic rings. The first-order chi connectivity index (χ1) is 7.58. The summed E-state index contributed by atoms with van der Waals surface area (Å²) in [6, 6.07) is 3.04. The van der Waals surface area contributed by atoms with Crippen molar-refractivity contribution >= 4 is 28.3 Å². The van der Waals surface area contributed by atoms with Gasteiger partial charge < -0.3 is 0 Å². The molecule has 0 amide bonds. The molecule has 7 heteroatoms. The summed E-state index contributed by atoms with van der Waals surface area (Å²) in [6.07, 6.45) is 3.31. The molecule has 0 bridgehead atoms. The molecule has 82 valence electrons. The zero-order valence-electron chi connectivity index (χ0n) is 8.29. The maximum Gasteiger partial charge on any atom is 0.313 e. The Balaban J connectivity index is 2.62. The van der Waals surface area contributed by atoms with Crippen LogP contribution in [-0.2, 0) is 0 Å². The van der Waals surface area contributed by atoms with Gasteiger partial charge in [0.25, 0.3) is 0 Å². The summed E-state index contributed by atoms with van der Waals surface area (Å²) >= 11 is 2.08. The summed E-state index contributed by atoms with van der Waals surface area (Å²) in [5.74, 6) is 0.243. The molecule has 0 saturated carbocycles. The summed E-state index contributed by atoms with van der Waals surface area (Å²) in [7, 11) is 0. The number of aryl methyl sites for hydroxylation is 1. The van der Waals surface area contributed by atoms with E-state index in [4.69, 9.17) is 0 Å². The van der Waals surface area contributed by atoms with Gasteiger partial charge in [-0.2, -0.15) is 5.10 Å².